The van der Waals surface area contributed by atoms with Crippen LogP contribution < -0.4 is 10.2 Å². The van der Waals surface area contributed by atoms with Gasteiger partial charge in [0.15, 0.2) is 0 Å². The van der Waals surface area contributed by atoms with Crippen LogP contribution in [-0.2, 0) is 0 Å². The second-order valence-electron chi connectivity index (χ2n) is 10.8. The van der Waals surface area contributed by atoms with Crippen molar-refractivity contribution < 1.29 is 4.79 Å². The number of hydrazine groups is 1. The van der Waals surface area contributed by atoms with E-state index in [4.69, 9.17) is 0 Å². The lowest BCUT2D eigenvalue weighted by molar-refractivity contribution is 0.0402. The second kappa shape index (κ2) is 11.1. The molecule has 2 aromatic heterocycles. The Labute approximate surface area is 225 Å². The molecule has 4 heterocycles. The molecule has 1 aromatic carbocycles. The number of carbonyl (C=O) groups is 1. The number of likely N-dealkylation sites (tertiary alicyclic amines) is 1. The Balaban J connectivity index is 1.33. The van der Waals surface area contributed by atoms with Crippen LogP contribution in [0.25, 0.3) is 16.3 Å². The third-order valence-corrected chi connectivity index (χ3v) is 8.25. The third kappa shape index (κ3) is 5.66. The number of hydrogen-bond donors (Lipinski definition) is 1. The number of amides is 1. The van der Waals surface area contributed by atoms with Gasteiger partial charge in [-0.15, -0.1) is 0 Å². The molecule has 0 radical (unpaired) electrons. The normalized spacial score (nSPS) is 19.8. The zero-order valence-electron chi connectivity index (χ0n) is 23.2. The fraction of sp³-hybridized carbons (Fsp3) is 0.433. The average molecular weight is 514 g/mol. The van der Waals surface area contributed by atoms with Crippen LogP contribution in [0.3, 0.4) is 0 Å². The van der Waals surface area contributed by atoms with E-state index >= 15 is 0 Å². The number of nitrogens with zero attached hydrogens (tertiary/aromatic N) is 6. The van der Waals surface area contributed by atoms with Crippen molar-refractivity contribution in [2.45, 2.75) is 44.7 Å². The number of allylic oxidation sites excluding steroid dienone is 1. The van der Waals surface area contributed by atoms with Crippen molar-refractivity contribution in [3.05, 3.63) is 66.1 Å². The summed E-state index contributed by atoms with van der Waals surface area (Å²) in [6, 6.07) is 13.0. The number of fused-ring (bicyclic) bond motifs is 1. The highest BCUT2D eigenvalue weighted by atomic mass is 16.1. The van der Waals surface area contributed by atoms with Gasteiger partial charge in [0.2, 0.25) is 0 Å². The molecule has 0 saturated carbocycles. The Hall–Kier alpha value is -3.49. The van der Waals surface area contributed by atoms with Gasteiger partial charge in [0, 0.05) is 62.8 Å². The van der Waals surface area contributed by atoms with Crippen molar-refractivity contribution in [3.8, 4) is 0 Å². The predicted molar refractivity (Wildman–Crippen MR) is 155 cm³/mol. The summed E-state index contributed by atoms with van der Waals surface area (Å²) in [6.45, 7) is 4.41. The maximum absolute atomic E-state index is 13.2. The van der Waals surface area contributed by atoms with Crippen LogP contribution in [-0.4, -0.2) is 84.2 Å². The summed E-state index contributed by atoms with van der Waals surface area (Å²) in [5.41, 5.74) is 3.09. The number of anilines is 2. The van der Waals surface area contributed by atoms with E-state index in [1.807, 2.05) is 18.3 Å². The molecule has 3 aromatic rings. The van der Waals surface area contributed by atoms with Gasteiger partial charge in [0.25, 0.3) is 5.91 Å². The van der Waals surface area contributed by atoms with Crippen molar-refractivity contribution in [1.29, 1.82) is 0 Å². The molecular formula is C30H39N7O. The molecule has 5 rings (SSSR count). The zero-order valence-corrected chi connectivity index (χ0v) is 23.2. The first-order valence-electron chi connectivity index (χ1n) is 13.5. The summed E-state index contributed by atoms with van der Waals surface area (Å²) in [4.78, 5) is 26.8. The van der Waals surface area contributed by atoms with E-state index in [-0.39, 0.29) is 5.91 Å². The third-order valence-electron chi connectivity index (χ3n) is 8.25. The molecule has 1 saturated heterocycles. The van der Waals surface area contributed by atoms with Crippen LogP contribution in [0.1, 0.15) is 48.5 Å². The van der Waals surface area contributed by atoms with E-state index in [1.54, 1.807) is 12.3 Å². The van der Waals surface area contributed by atoms with E-state index in [9.17, 15) is 4.79 Å². The molecule has 1 fully saturated rings. The lowest BCUT2D eigenvalue weighted by atomic mass is 9.98. The molecular weight excluding hydrogens is 474 g/mol. The zero-order chi connectivity index (χ0) is 26.8. The summed E-state index contributed by atoms with van der Waals surface area (Å²) >= 11 is 0. The predicted octanol–water partition coefficient (Wildman–Crippen LogP) is 4.71. The molecule has 2 aliphatic rings. The monoisotopic (exact) mass is 513 g/mol. The Morgan fingerprint density at radius 1 is 1.00 bits per heavy atom. The highest BCUT2D eigenvalue weighted by Gasteiger charge is 2.22. The van der Waals surface area contributed by atoms with Crippen LogP contribution in [0.5, 0.6) is 0 Å². The minimum Gasteiger partial charge on any atom is -0.357 e. The summed E-state index contributed by atoms with van der Waals surface area (Å²) in [5, 5.41) is 9.53. The molecule has 1 atom stereocenters. The Bertz CT molecular complexity index is 1330. The number of nitrogens with one attached hydrogen (secondary N) is 1. The second-order valence-corrected chi connectivity index (χ2v) is 10.8. The van der Waals surface area contributed by atoms with Crippen LogP contribution in [0.2, 0.25) is 0 Å². The van der Waals surface area contributed by atoms with Crippen molar-refractivity contribution in [1.82, 2.24) is 24.9 Å². The first-order chi connectivity index (χ1) is 18.3. The van der Waals surface area contributed by atoms with Gasteiger partial charge in [-0.25, -0.2) is 15.0 Å². The first-order valence-corrected chi connectivity index (χ1v) is 13.5. The van der Waals surface area contributed by atoms with Gasteiger partial charge < -0.3 is 20.1 Å². The number of carbonyl (C=O) groups excluding carboxylic acids is 1. The standard InChI is InChI=1S/C30H39N7O/c1-21-6-7-25(20-35(3)37(21)5)22-8-9-24-19-32-28(17-26(24)16-22)33-30(38)23-10-13-31-29(18-23)36(4)27-11-14-34(2)15-12-27/h8-10,13,16-21,27H,6-7,11-12,14-15H2,1-5H3,(H,32,33,38). The molecule has 0 spiro atoms. The molecule has 1 amide bonds. The van der Waals surface area contributed by atoms with E-state index < -0.39 is 0 Å². The van der Waals surface area contributed by atoms with Gasteiger partial charge in [0.1, 0.15) is 11.6 Å². The summed E-state index contributed by atoms with van der Waals surface area (Å²) < 4.78 is 0. The molecule has 2 aliphatic heterocycles. The quantitative estimate of drug-likeness (QED) is 0.530. The van der Waals surface area contributed by atoms with E-state index in [0.29, 0.717) is 23.5 Å². The van der Waals surface area contributed by atoms with Crippen molar-refractivity contribution in [2.75, 3.05) is 51.5 Å². The number of hydrogen-bond acceptors (Lipinski definition) is 7. The number of rotatable bonds is 5. The van der Waals surface area contributed by atoms with Gasteiger partial charge in [-0.1, -0.05) is 12.1 Å². The van der Waals surface area contributed by atoms with Crippen molar-refractivity contribution in [3.63, 3.8) is 0 Å². The Kier molecular flexibility index (Phi) is 7.63. The first kappa shape index (κ1) is 26.1. The molecule has 38 heavy (non-hydrogen) atoms. The molecule has 200 valence electrons. The van der Waals surface area contributed by atoms with Gasteiger partial charge in [-0.05, 0) is 93.5 Å². The SMILES string of the molecule is CC1CCC(c2ccc3cnc(NC(=O)c4ccnc(N(C)C5CCN(C)CC5)c4)cc3c2)=CN(C)N1C. The number of aromatic nitrogens is 2. The van der Waals surface area contributed by atoms with Gasteiger partial charge in [-0.2, -0.15) is 0 Å². The number of benzene rings is 1. The lowest BCUT2D eigenvalue weighted by Gasteiger charge is -2.35. The van der Waals surface area contributed by atoms with Gasteiger partial charge in [0.05, 0.1) is 0 Å². The molecule has 8 nitrogen and oxygen atoms in total. The Morgan fingerprint density at radius 2 is 1.79 bits per heavy atom. The van der Waals surface area contributed by atoms with Gasteiger partial charge in [-0.3, -0.25) is 4.79 Å². The van der Waals surface area contributed by atoms with Crippen molar-refractivity contribution in [2.24, 2.45) is 0 Å². The van der Waals surface area contributed by atoms with E-state index in [0.717, 1.165) is 55.4 Å². The highest BCUT2D eigenvalue weighted by Crippen LogP contribution is 2.29. The molecule has 8 heteroatoms. The maximum atomic E-state index is 13.2. The summed E-state index contributed by atoms with van der Waals surface area (Å²) in [6.07, 6.45) is 10.1. The minimum atomic E-state index is -0.182. The minimum absolute atomic E-state index is 0.182. The van der Waals surface area contributed by atoms with Crippen LogP contribution >= 0.6 is 0 Å². The molecule has 1 unspecified atom stereocenters. The average Bonchev–Trinajstić information content (AvgIpc) is 3.06. The van der Waals surface area contributed by atoms with Gasteiger partial charge >= 0.3 is 0 Å². The summed E-state index contributed by atoms with van der Waals surface area (Å²) in [5.74, 6) is 1.19. The maximum Gasteiger partial charge on any atom is 0.257 e. The molecule has 1 N–H and O–H groups in total. The van der Waals surface area contributed by atoms with E-state index in [2.05, 4.69) is 94.6 Å². The topological polar surface area (TPSA) is 67.8 Å². The highest BCUT2D eigenvalue weighted by molar-refractivity contribution is 6.05. The number of pyridine rings is 2. The van der Waals surface area contributed by atoms with Crippen LogP contribution in [0.15, 0.2) is 55.0 Å². The van der Waals surface area contributed by atoms with Crippen molar-refractivity contribution >= 4 is 33.9 Å². The smallest absolute Gasteiger partial charge is 0.257 e. The number of piperidine rings is 1. The molecule has 0 aliphatic carbocycles. The van der Waals surface area contributed by atoms with Crippen LogP contribution in [0.4, 0.5) is 11.6 Å². The van der Waals surface area contributed by atoms with Crippen LogP contribution in [0, 0.1) is 0 Å². The van der Waals surface area contributed by atoms with E-state index in [1.165, 1.54) is 11.1 Å². The fourth-order valence-electron chi connectivity index (χ4n) is 5.38. The molecule has 0 bridgehead atoms. The largest absolute Gasteiger partial charge is 0.357 e. The Morgan fingerprint density at radius 3 is 2.58 bits per heavy atom. The summed E-state index contributed by atoms with van der Waals surface area (Å²) in [7, 11) is 8.45. The fourth-order valence-corrected chi connectivity index (χ4v) is 5.38. The lowest BCUT2D eigenvalue weighted by Crippen LogP contribution is -2.42.